The SMILES string of the molecule is COc1cc(C(=O)NC(C)c2ccccc2Br)c([N+](=O)[O-])cc1OC. The lowest BCUT2D eigenvalue weighted by atomic mass is 10.1. The lowest BCUT2D eigenvalue weighted by Gasteiger charge is -2.16. The molecule has 2 aromatic carbocycles. The fraction of sp³-hybridized carbons (Fsp3) is 0.235. The lowest BCUT2D eigenvalue weighted by Crippen LogP contribution is -2.27. The van der Waals surface area contributed by atoms with Gasteiger partial charge in [-0.2, -0.15) is 0 Å². The van der Waals surface area contributed by atoms with E-state index in [0.29, 0.717) is 0 Å². The van der Waals surface area contributed by atoms with Crippen LogP contribution in [-0.2, 0) is 0 Å². The number of methoxy groups -OCH3 is 2. The van der Waals surface area contributed by atoms with Gasteiger partial charge in [0.15, 0.2) is 11.5 Å². The van der Waals surface area contributed by atoms with Crippen LogP contribution in [0, 0.1) is 10.1 Å². The number of carbonyl (C=O) groups is 1. The standard InChI is InChI=1S/C17H17BrN2O5/c1-10(11-6-4-5-7-13(11)18)19-17(21)12-8-15(24-2)16(25-3)9-14(12)20(22)23/h4-10H,1-3H3,(H,19,21). The van der Waals surface area contributed by atoms with Gasteiger partial charge in [0, 0.05) is 10.5 Å². The highest BCUT2D eigenvalue weighted by Gasteiger charge is 2.25. The van der Waals surface area contributed by atoms with Crippen LogP contribution in [0.1, 0.15) is 28.9 Å². The van der Waals surface area contributed by atoms with Gasteiger partial charge in [0.25, 0.3) is 11.6 Å². The fourth-order valence-corrected chi connectivity index (χ4v) is 3.01. The second-order valence-electron chi connectivity index (χ2n) is 5.20. The van der Waals surface area contributed by atoms with Crippen molar-refractivity contribution in [3.8, 4) is 11.5 Å². The van der Waals surface area contributed by atoms with Crippen molar-refractivity contribution in [2.24, 2.45) is 0 Å². The highest BCUT2D eigenvalue weighted by molar-refractivity contribution is 9.10. The zero-order valence-electron chi connectivity index (χ0n) is 13.9. The van der Waals surface area contributed by atoms with E-state index in [2.05, 4.69) is 21.2 Å². The molecule has 132 valence electrons. The predicted octanol–water partition coefficient (Wildman–Crippen LogP) is 3.87. The van der Waals surface area contributed by atoms with Crippen LogP contribution in [0.2, 0.25) is 0 Å². The Morgan fingerprint density at radius 1 is 1.20 bits per heavy atom. The van der Waals surface area contributed by atoms with E-state index in [-0.39, 0.29) is 28.8 Å². The summed E-state index contributed by atoms with van der Waals surface area (Å²) in [5, 5.41) is 14.1. The first kappa shape index (κ1) is 18.7. The van der Waals surface area contributed by atoms with E-state index < -0.39 is 10.8 Å². The zero-order valence-corrected chi connectivity index (χ0v) is 15.5. The van der Waals surface area contributed by atoms with Crippen LogP contribution in [0.4, 0.5) is 5.69 Å². The van der Waals surface area contributed by atoms with Crippen LogP contribution in [-0.4, -0.2) is 25.1 Å². The number of nitro benzene ring substituents is 1. The Balaban J connectivity index is 2.38. The highest BCUT2D eigenvalue weighted by atomic mass is 79.9. The summed E-state index contributed by atoms with van der Waals surface area (Å²) in [7, 11) is 2.77. The minimum Gasteiger partial charge on any atom is -0.493 e. The third-order valence-electron chi connectivity index (χ3n) is 3.66. The summed E-state index contributed by atoms with van der Waals surface area (Å²) in [4.78, 5) is 23.3. The molecular weight excluding hydrogens is 392 g/mol. The van der Waals surface area contributed by atoms with E-state index in [1.807, 2.05) is 24.3 Å². The largest absolute Gasteiger partial charge is 0.493 e. The Labute approximate surface area is 153 Å². The van der Waals surface area contributed by atoms with Crippen molar-refractivity contribution in [1.29, 1.82) is 0 Å². The van der Waals surface area contributed by atoms with Gasteiger partial charge in [0.2, 0.25) is 0 Å². The van der Waals surface area contributed by atoms with Gasteiger partial charge >= 0.3 is 0 Å². The molecule has 0 bridgehead atoms. The topological polar surface area (TPSA) is 90.7 Å². The maximum Gasteiger partial charge on any atom is 0.286 e. The number of nitrogens with one attached hydrogen (secondary N) is 1. The Bertz CT molecular complexity index is 810. The third kappa shape index (κ3) is 4.08. The molecule has 2 rings (SSSR count). The molecule has 1 amide bonds. The molecule has 0 aliphatic carbocycles. The molecule has 25 heavy (non-hydrogen) atoms. The number of nitro groups is 1. The summed E-state index contributed by atoms with van der Waals surface area (Å²) in [6.45, 7) is 1.80. The quantitative estimate of drug-likeness (QED) is 0.578. The molecule has 0 spiro atoms. The molecule has 2 aromatic rings. The summed E-state index contributed by atoms with van der Waals surface area (Å²) in [6.07, 6.45) is 0. The number of benzene rings is 2. The molecular formula is C17H17BrN2O5. The van der Waals surface area contributed by atoms with Crippen LogP contribution in [0.25, 0.3) is 0 Å². The molecule has 1 unspecified atom stereocenters. The van der Waals surface area contributed by atoms with Gasteiger partial charge in [-0.05, 0) is 18.6 Å². The Hall–Kier alpha value is -2.61. The summed E-state index contributed by atoms with van der Waals surface area (Å²) in [5.74, 6) is -0.146. The van der Waals surface area contributed by atoms with Crippen LogP contribution in [0.15, 0.2) is 40.9 Å². The molecule has 0 aliphatic heterocycles. The number of nitrogens with zero attached hydrogens (tertiary/aromatic N) is 1. The van der Waals surface area contributed by atoms with Crippen molar-refractivity contribution >= 4 is 27.5 Å². The van der Waals surface area contributed by atoms with Gasteiger partial charge in [0.1, 0.15) is 5.56 Å². The van der Waals surface area contributed by atoms with Crippen molar-refractivity contribution in [1.82, 2.24) is 5.32 Å². The first-order valence-corrected chi connectivity index (χ1v) is 8.14. The van der Waals surface area contributed by atoms with Gasteiger partial charge in [-0.3, -0.25) is 14.9 Å². The molecule has 0 fully saturated rings. The van der Waals surface area contributed by atoms with Gasteiger partial charge in [-0.15, -0.1) is 0 Å². The normalized spacial score (nSPS) is 11.5. The number of halogens is 1. The molecule has 0 aliphatic rings. The molecule has 7 nitrogen and oxygen atoms in total. The van der Waals surface area contributed by atoms with E-state index >= 15 is 0 Å². The molecule has 0 saturated carbocycles. The van der Waals surface area contributed by atoms with Crippen LogP contribution < -0.4 is 14.8 Å². The molecule has 0 saturated heterocycles. The molecule has 8 heteroatoms. The van der Waals surface area contributed by atoms with E-state index in [0.717, 1.165) is 10.0 Å². The van der Waals surface area contributed by atoms with E-state index in [9.17, 15) is 14.9 Å². The zero-order chi connectivity index (χ0) is 18.6. The number of amides is 1. The van der Waals surface area contributed by atoms with E-state index in [1.54, 1.807) is 6.92 Å². The average Bonchev–Trinajstić information content (AvgIpc) is 2.60. The monoisotopic (exact) mass is 408 g/mol. The number of hydrogen-bond donors (Lipinski definition) is 1. The minimum absolute atomic E-state index is 0.0958. The average molecular weight is 409 g/mol. The molecule has 0 heterocycles. The number of rotatable bonds is 6. The van der Waals surface area contributed by atoms with Gasteiger partial charge in [0.05, 0.1) is 31.3 Å². The lowest BCUT2D eigenvalue weighted by molar-refractivity contribution is -0.385. The number of hydrogen-bond acceptors (Lipinski definition) is 5. The first-order chi connectivity index (χ1) is 11.9. The minimum atomic E-state index is -0.625. The van der Waals surface area contributed by atoms with Gasteiger partial charge < -0.3 is 14.8 Å². The summed E-state index contributed by atoms with van der Waals surface area (Å²) in [5.41, 5.74) is 0.412. The van der Waals surface area contributed by atoms with Crippen LogP contribution >= 0.6 is 15.9 Å². The molecule has 1 N–H and O–H groups in total. The van der Waals surface area contributed by atoms with Crippen molar-refractivity contribution in [2.45, 2.75) is 13.0 Å². The smallest absolute Gasteiger partial charge is 0.286 e. The van der Waals surface area contributed by atoms with E-state index in [4.69, 9.17) is 9.47 Å². The maximum absolute atomic E-state index is 12.6. The Kier molecular flexibility index (Phi) is 5.97. The van der Waals surface area contributed by atoms with Crippen LogP contribution in [0.5, 0.6) is 11.5 Å². The molecule has 0 aromatic heterocycles. The third-order valence-corrected chi connectivity index (χ3v) is 4.38. The van der Waals surface area contributed by atoms with Crippen molar-refractivity contribution in [2.75, 3.05) is 14.2 Å². The van der Waals surface area contributed by atoms with Gasteiger partial charge in [-0.25, -0.2) is 0 Å². The van der Waals surface area contributed by atoms with Crippen molar-refractivity contribution in [3.05, 3.63) is 62.1 Å². The van der Waals surface area contributed by atoms with Gasteiger partial charge in [-0.1, -0.05) is 34.1 Å². The second kappa shape index (κ2) is 7.98. The summed E-state index contributed by atoms with van der Waals surface area (Å²) < 4.78 is 11.0. The van der Waals surface area contributed by atoms with Crippen molar-refractivity contribution < 1.29 is 19.2 Å². The molecule has 1 atom stereocenters. The predicted molar refractivity (Wildman–Crippen MR) is 96.2 cm³/mol. The second-order valence-corrected chi connectivity index (χ2v) is 6.05. The Morgan fingerprint density at radius 3 is 2.36 bits per heavy atom. The van der Waals surface area contributed by atoms with Crippen molar-refractivity contribution in [3.63, 3.8) is 0 Å². The first-order valence-electron chi connectivity index (χ1n) is 7.34. The number of ether oxygens (including phenoxy) is 2. The summed E-state index contributed by atoms with van der Waals surface area (Å²) in [6, 6.07) is 9.56. The summed E-state index contributed by atoms with van der Waals surface area (Å²) >= 11 is 3.43. The van der Waals surface area contributed by atoms with Crippen LogP contribution in [0.3, 0.4) is 0 Å². The van der Waals surface area contributed by atoms with E-state index in [1.165, 1.54) is 26.4 Å². The fourth-order valence-electron chi connectivity index (χ4n) is 2.38. The number of carbonyl (C=O) groups excluding carboxylic acids is 1. The Morgan fingerprint density at radius 2 is 1.80 bits per heavy atom. The highest BCUT2D eigenvalue weighted by Crippen LogP contribution is 2.34. The maximum atomic E-state index is 12.6. The molecule has 0 radical (unpaired) electrons.